The van der Waals surface area contributed by atoms with Crippen LogP contribution in [0, 0.1) is 11.3 Å². The van der Waals surface area contributed by atoms with Crippen molar-refractivity contribution in [3.05, 3.63) is 12.2 Å². The number of nitrogens with one attached hydrogen (secondary N) is 1. The Hall–Kier alpha value is -0.940. The van der Waals surface area contributed by atoms with E-state index in [0.717, 1.165) is 37.7 Å². The Morgan fingerprint density at radius 1 is 1.56 bits per heavy atom. The summed E-state index contributed by atoms with van der Waals surface area (Å²) in [7, 11) is 4.00. The van der Waals surface area contributed by atoms with Gasteiger partial charge in [-0.2, -0.15) is 5.10 Å². The molecule has 1 saturated carbocycles. The number of hydrogen-bond acceptors (Lipinski definition) is 4. The van der Waals surface area contributed by atoms with Crippen LogP contribution in [0.4, 0.5) is 0 Å². The third kappa shape index (κ3) is 2.06. The van der Waals surface area contributed by atoms with Crippen LogP contribution in [0.5, 0.6) is 0 Å². The van der Waals surface area contributed by atoms with Gasteiger partial charge < -0.3 is 10.1 Å². The van der Waals surface area contributed by atoms with Crippen molar-refractivity contribution in [1.29, 1.82) is 0 Å². The number of hydrogen-bond donors (Lipinski definition) is 1. The van der Waals surface area contributed by atoms with E-state index in [1.165, 1.54) is 12.8 Å². The maximum atomic E-state index is 6.04. The van der Waals surface area contributed by atoms with Crippen LogP contribution in [0.2, 0.25) is 0 Å². The molecule has 0 aromatic carbocycles. The van der Waals surface area contributed by atoms with Crippen molar-refractivity contribution < 1.29 is 4.74 Å². The molecule has 0 spiro atoms. The third-order valence-electron chi connectivity index (χ3n) is 4.40. The molecule has 1 aromatic heterocycles. The van der Waals surface area contributed by atoms with E-state index in [2.05, 4.69) is 15.4 Å². The number of ether oxygens (including phenoxy) is 1. The first-order chi connectivity index (χ1) is 8.75. The molecule has 3 rings (SSSR count). The molecule has 100 valence electrons. The molecule has 2 fully saturated rings. The summed E-state index contributed by atoms with van der Waals surface area (Å²) in [6, 6.07) is 0. The first-order valence-corrected chi connectivity index (χ1v) is 6.84. The summed E-state index contributed by atoms with van der Waals surface area (Å²) in [5.41, 5.74) is 0.205. The molecule has 1 N–H and O–H groups in total. The first-order valence-electron chi connectivity index (χ1n) is 6.84. The number of aryl methyl sites for hydroxylation is 1. The van der Waals surface area contributed by atoms with Gasteiger partial charge in [0, 0.05) is 32.0 Å². The zero-order valence-corrected chi connectivity index (χ0v) is 11.2. The van der Waals surface area contributed by atoms with Crippen LogP contribution in [0.15, 0.2) is 6.33 Å². The minimum atomic E-state index is 0.205. The molecule has 18 heavy (non-hydrogen) atoms. The van der Waals surface area contributed by atoms with Gasteiger partial charge in [-0.25, -0.2) is 4.98 Å². The predicted octanol–water partition coefficient (Wildman–Crippen LogP) is 0.762. The summed E-state index contributed by atoms with van der Waals surface area (Å²) in [6.07, 6.45) is 6.79. The number of rotatable bonds is 5. The standard InChI is InChI=1S/C13H22N4O/c1-14-8-13(7-11-15-9-16-17(11)2)5-6-18-12(13)10-3-4-10/h9-10,12,14H,3-8H2,1-2H3. The summed E-state index contributed by atoms with van der Waals surface area (Å²) in [5.74, 6) is 1.84. The lowest BCUT2D eigenvalue weighted by atomic mass is 9.75. The highest BCUT2D eigenvalue weighted by atomic mass is 16.5. The molecule has 0 amide bonds. The molecule has 1 saturated heterocycles. The van der Waals surface area contributed by atoms with Crippen LogP contribution in [0.25, 0.3) is 0 Å². The minimum Gasteiger partial charge on any atom is -0.377 e. The van der Waals surface area contributed by atoms with Crippen LogP contribution in [-0.2, 0) is 18.2 Å². The van der Waals surface area contributed by atoms with Gasteiger partial charge in [-0.3, -0.25) is 4.68 Å². The van der Waals surface area contributed by atoms with Crippen LogP contribution in [-0.4, -0.2) is 41.1 Å². The second-order valence-electron chi connectivity index (χ2n) is 5.75. The lowest BCUT2D eigenvalue weighted by Crippen LogP contribution is -2.43. The normalized spacial score (nSPS) is 32.0. The van der Waals surface area contributed by atoms with E-state index >= 15 is 0 Å². The fourth-order valence-corrected chi connectivity index (χ4v) is 3.33. The van der Waals surface area contributed by atoms with Crippen LogP contribution < -0.4 is 5.32 Å². The highest BCUT2D eigenvalue weighted by Gasteiger charge is 2.51. The van der Waals surface area contributed by atoms with E-state index in [4.69, 9.17) is 4.74 Å². The molecule has 5 nitrogen and oxygen atoms in total. The molecule has 2 atom stereocenters. The second kappa shape index (κ2) is 4.63. The zero-order valence-electron chi connectivity index (χ0n) is 11.2. The number of aromatic nitrogens is 3. The van der Waals surface area contributed by atoms with E-state index in [1.807, 2.05) is 18.8 Å². The SMILES string of the molecule is CNCC1(Cc2ncnn2C)CCOC1C1CC1. The van der Waals surface area contributed by atoms with Gasteiger partial charge >= 0.3 is 0 Å². The highest BCUT2D eigenvalue weighted by Crippen LogP contribution is 2.48. The molecular formula is C13H22N4O. The van der Waals surface area contributed by atoms with Gasteiger partial charge in [-0.1, -0.05) is 0 Å². The van der Waals surface area contributed by atoms with Crippen LogP contribution in [0.1, 0.15) is 25.1 Å². The Labute approximate surface area is 108 Å². The second-order valence-corrected chi connectivity index (χ2v) is 5.75. The van der Waals surface area contributed by atoms with Crippen LogP contribution >= 0.6 is 0 Å². The summed E-state index contributed by atoms with van der Waals surface area (Å²) < 4.78 is 7.93. The van der Waals surface area contributed by atoms with Gasteiger partial charge in [0.25, 0.3) is 0 Å². The van der Waals surface area contributed by atoms with Crippen molar-refractivity contribution in [3.8, 4) is 0 Å². The molecule has 2 unspecified atom stereocenters. The maximum absolute atomic E-state index is 6.04. The van der Waals surface area contributed by atoms with Gasteiger partial charge in [0.1, 0.15) is 12.2 Å². The van der Waals surface area contributed by atoms with Gasteiger partial charge in [-0.05, 0) is 32.2 Å². The topological polar surface area (TPSA) is 52.0 Å². The molecule has 2 aliphatic rings. The summed E-state index contributed by atoms with van der Waals surface area (Å²) in [4.78, 5) is 4.39. The van der Waals surface area contributed by atoms with Crippen molar-refractivity contribution in [1.82, 2.24) is 20.1 Å². The fraction of sp³-hybridized carbons (Fsp3) is 0.846. The van der Waals surface area contributed by atoms with E-state index < -0.39 is 0 Å². The molecule has 1 aliphatic carbocycles. The molecule has 2 heterocycles. The summed E-state index contributed by atoms with van der Waals surface area (Å²) >= 11 is 0. The van der Waals surface area contributed by atoms with Crippen LogP contribution in [0.3, 0.4) is 0 Å². The largest absolute Gasteiger partial charge is 0.377 e. The maximum Gasteiger partial charge on any atom is 0.138 e. The van der Waals surface area contributed by atoms with Gasteiger partial charge in [0.15, 0.2) is 0 Å². The Morgan fingerprint density at radius 3 is 3.00 bits per heavy atom. The number of nitrogens with zero attached hydrogens (tertiary/aromatic N) is 3. The Morgan fingerprint density at radius 2 is 2.39 bits per heavy atom. The van der Waals surface area contributed by atoms with Crippen molar-refractivity contribution in [2.45, 2.75) is 31.8 Å². The zero-order chi connectivity index (χ0) is 12.6. The fourth-order valence-electron chi connectivity index (χ4n) is 3.33. The predicted molar refractivity (Wildman–Crippen MR) is 68.1 cm³/mol. The average molecular weight is 250 g/mol. The molecule has 1 aromatic rings. The smallest absolute Gasteiger partial charge is 0.138 e. The molecule has 0 bridgehead atoms. The monoisotopic (exact) mass is 250 g/mol. The van der Waals surface area contributed by atoms with E-state index in [9.17, 15) is 0 Å². The van der Waals surface area contributed by atoms with Gasteiger partial charge in [0.2, 0.25) is 0 Å². The lowest BCUT2D eigenvalue weighted by molar-refractivity contribution is 0.0302. The first kappa shape index (κ1) is 12.1. The Bertz CT molecular complexity index is 415. The van der Waals surface area contributed by atoms with Crippen molar-refractivity contribution in [2.75, 3.05) is 20.2 Å². The molecule has 0 radical (unpaired) electrons. The lowest BCUT2D eigenvalue weighted by Gasteiger charge is -2.33. The van der Waals surface area contributed by atoms with Gasteiger partial charge in [0.05, 0.1) is 6.10 Å². The summed E-state index contributed by atoms with van der Waals surface area (Å²) in [6.45, 7) is 1.89. The average Bonchev–Trinajstić information content (AvgIpc) is 3.00. The van der Waals surface area contributed by atoms with Crippen molar-refractivity contribution in [3.63, 3.8) is 0 Å². The Balaban J connectivity index is 1.83. The Kier molecular flexibility index (Phi) is 3.11. The third-order valence-corrected chi connectivity index (χ3v) is 4.40. The van der Waals surface area contributed by atoms with Gasteiger partial charge in [-0.15, -0.1) is 0 Å². The minimum absolute atomic E-state index is 0.205. The molecule has 1 aliphatic heterocycles. The van der Waals surface area contributed by atoms with E-state index in [1.54, 1.807) is 6.33 Å². The van der Waals surface area contributed by atoms with Crippen molar-refractivity contribution in [2.24, 2.45) is 18.4 Å². The molecular weight excluding hydrogens is 228 g/mol. The van der Waals surface area contributed by atoms with E-state index in [0.29, 0.717) is 6.10 Å². The highest BCUT2D eigenvalue weighted by molar-refractivity contribution is 5.05. The molecule has 5 heteroatoms. The summed E-state index contributed by atoms with van der Waals surface area (Å²) in [5, 5.41) is 7.54. The van der Waals surface area contributed by atoms with Crippen molar-refractivity contribution >= 4 is 0 Å². The quantitative estimate of drug-likeness (QED) is 0.838. The van der Waals surface area contributed by atoms with E-state index in [-0.39, 0.29) is 5.41 Å².